The Labute approximate surface area is 753 Å². The highest BCUT2D eigenvalue weighted by atomic mass is 15.0. The average Bonchev–Trinajstić information content (AvgIpc) is 1.27. The molecule has 4 heteroatoms. The van der Waals surface area contributed by atoms with Gasteiger partial charge in [-0.25, -0.2) is 4.57 Å². The van der Waals surface area contributed by atoms with Crippen molar-refractivity contribution in [3.05, 3.63) is 258 Å². The number of hydrogen-bond donors (Lipinski definition) is 0. The fraction of sp³-hybridized carbons (Fsp3) is 0.500. The summed E-state index contributed by atoms with van der Waals surface area (Å²) in [6.45, 7) is 41.2. The Morgan fingerprint density at radius 2 is 0.613 bits per heavy atom. The molecule has 6 aliphatic rings. The molecule has 0 unspecified atom stereocenters. The third kappa shape index (κ3) is 20.3. The van der Waals surface area contributed by atoms with Gasteiger partial charge in [0.25, 0.3) is 0 Å². The van der Waals surface area contributed by atoms with Gasteiger partial charge in [-0.15, -0.1) is 0 Å². The zero-order chi connectivity index (χ0) is 88.0. The summed E-state index contributed by atoms with van der Waals surface area (Å²) >= 11 is 0. The smallest absolute Gasteiger partial charge is 0.200 e. The molecule has 4 nitrogen and oxygen atoms in total. The number of pyridine rings is 4. The minimum absolute atomic E-state index is 0. The van der Waals surface area contributed by atoms with Crippen LogP contribution in [-0.2, 0) is 70.1 Å². The van der Waals surface area contributed by atoms with Gasteiger partial charge >= 0.3 is 0 Å². The number of nitrogens with zero attached hydrogens (tertiary/aromatic N) is 4. The minimum Gasteiger partial charge on any atom is -0.200 e. The van der Waals surface area contributed by atoms with E-state index < -0.39 is 0 Å². The van der Waals surface area contributed by atoms with Crippen molar-refractivity contribution in [2.45, 2.75) is 340 Å². The van der Waals surface area contributed by atoms with Crippen molar-refractivity contribution in [1.29, 1.82) is 0 Å². The fourth-order valence-corrected chi connectivity index (χ4v) is 23.0. The number of aryl methyl sites for hydroxylation is 6. The van der Waals surface area contributed by atoms with Crippen LogP contribution in [0.2, 0.25) is 0 Å². The number of fused-ring (bicyclic) bond motifs is 4. The first kappa shape index (κ1) is 90.2. The Hall–Kier alpha value is -8.60. The Kier molecular flexibility index (Phi) is 28.0. The molecule has 18 rings (SSSR count). The summed E-state index contributed by atoms with van der Waals surface area (Å²) in [5.74, 6) is 5.01. The Morgan fingerprint density at radius 3 is 1.00 bits per heavy atom. The van der Waals surface area contributed by atoms with Gasteiger partial charge in [-0.1, -0.05) is 277 Å². The predicted octanol–water partition coefficient (Wildman–Crippen LogP) is 30.9. The summed E-state index contributed by atoms with van der Waals surface area (Å²) in [4.78, 5) is 0. The predicted molar refractivity (Wildman–Crippen MR) is 533 cm³/mol. The van der Waals surface area contributed by atoms with Crippen molar-refractivity contribution >= 4 is 43.1 Å². The van der Waals surface area contributed by atoms with Crippen LogP contribution in [0.5, 0.6) is 0 Å². The van der Waals surface area contributed by atoms with Crippen molar-refractivity contribution in [3.63, 3.8) is 0 Å². The summed E-state index contributed by atoms with van der Waals surface area (Å²) in [5.41, 5.74) is 36.6. The monoisotopic (exact) mass is 1660 g/mol. The lowest BCUT2D eigenvalue weighted by Crippen LogP contribution is -2.35. The zero-order valence-electron chi connectivity index (χ0n) is 81.5. The van der Waals surface area contributed by atoms with E-state index in [1.165, 1.54) is 357 Å². The molecule has 6 fully saturated rings. The molecular formula is C120H158N4+4. The highest BCUT2D eigenvalue weighted by Gasteiger charge is 2.33. The molecule has 0 amide bonds. The first-order chi connectivity index (χ1) is 59.1. The summed E-state index contributed by atoms with van der Waals surface area (Å²) in [6, 6.07) is 59.8. The normalized spacial score (nSPS) is 16.6. The SMILES string of the molecule is C.Cc1cc(C(C)(C)C)cc(-c2c3ccc(CC4CCCC4)cc3cc(C)[n+]2C)c1C.Cc1cc(C2CCCC2)cc(-c2c3ccc(CC4CCCC4)cc3cc(C)[n+]2C)c1C.Cc1ccc(C2CCCC2)cc1-c1c2ccc(CC3CCCC3)cc2cc(C)[n+]1C.[2H]c1cc2cc(CC3CCCC3)ccc2c(-c2cc(C(C)(C)C)cc(C(C)(C)C)c2C)[n+]1C. The van der Waals surface area contributed by atoms with Crippen molar-refractivity contribution < 1.29 is 19.6 Å². The topological polar surface area (TPSA) is 15.5 Å². The lowest BCUT2D eigenvalue weighted by Gasteiger charge is -2.28. The minimum atomic E-state index is 0. The van der Waals surface area contributed by atoms with Crippen molar-refractivity contribution in [3.8, 4) is 45.0 Å². The van der Waals surface area contributed by atoms with E-state index in [4.69, 9.17) is 1.37 Å². The molecule has 0 saturated heterocycles. The molecule has 0 spiro atoms. The maximum Gasteiger partial charge on any atom is 0.220 e. The molecule has 0 radical (unpaired) electrons. The van der Waals surface area contributed by atoms with Crippen LogP contribution in [0.15, 0.2) is 158 Å². The zero-order valence-corrected chi connectivity index (χ0v) is 80.5. The van der Waals surface area contributed by atoms with Gasteiger partial charge in [-0.2, -0.15) is 13.7 Å². The van der Waals surface area contributed by atoms with Crippen LogP contribution in [0.4, 0.5) is 0 Å². The largest absolute Gasteiger partial charge is 0.220 e. The highest BCUT2D eigenvalue weighted by Crippen LogP contribution is 2.45. The number of hydrogen-bond acceptors (Lipinski definition) is 0. The number of aromatic nitrogens is 4. The van der Waals surface area contributed by atoms with Gasteiger partial charge in [0.1, 0.15) is 29.6 Å². The second-order valence-corrected chi connectivity index (χ2v) is 43.3. The second-order valence-electron chi connectivity index (χ2n) is 43.3. The molecule has 0 aliphatic heterocycles. The van der Waals surface area contributed by atoms with Crippen LogP contribution in [-0.4, -0.2) is 0 Å². The molecule has 654 valence electrons. The van der Waals surface area contributed by atoms with E-state index in [0.29, 0.717) is 6.17 Å². The van der Waals surface area contributed by atoms with Crippen molar-refractivity contribution in [2.24, 2.45) is 51.9 Å². The first-order valence-electron chi connectivity index (χ1n) is 49.3. The van der Waals surface area contributed by atoms with E-state index in [2.05, 4.69) is 310 Å². The third-order valence-electron chi connectivity index (χ3n) is 31.2. The molecule has 124 heavy (non-hydrogen) atoms. The third-order valence-corrected chi connectivity index (χ3v) is 31.2. The molecule has 4 aromatic heterocycles. The Morgan fingerprint density at radius 1 is 0.290 bits per heavy atom. The number of benzene rings is 8. The van der Waals surface area contributed by atoms with Crippen LogP contribution in [0.3, 0.4) is 0 Å². The van der Waals surface area contributed by atoms with Gasteiger partial charge in [0.05, 0.1) is 38.2 Å². The van der Waals surface area contributed by atoms with E-state index in [-0.39, 0.29) is 23.7 Å². The van der Waals surface area contributed by atoms with Gasteiger partial charge in [0.15, 0.2) is 23.3 Å². The van der Waals surface area contributed by atoms with E-state index in [1.807, 2.05) is 13.1 Å². The second kappa shape index (κ2) is 38.5. The lowest BCUT2D eigenvalue weighted by molar-refractivity contribution is -0.665. The summed E-state index contributed by atoms with van der Waals surface area (Å²) < 4.78 is 18.0. The Bertz CT molecular complexity index is 5900. The Balaban J connectivity index is 0.000000135. The molecule has 12 aromatic rings. The van der Waals surface area contributed by atoms with E-state index in [1.54, 1.807) is 11.1 Å². The van der Waals surface area contributed by atoms with Gasteiger partial charge in [0, 0.05) is 50.6 Å². The fourth-order valence-electron chi connectivity index (χ4n) is 23.0. The maximum atomic E-state index is 8.77. The molecule has 0 atom stereocenters. The van der Waals surface area contributed by atoms with Crippen LogP contribution in [0, 0.1) is 86.0 Å². The van der Waals surface area contributed by atoms with E-state index in [9.17, 15) is 0 Å². The molecule has 0 bridgehead atoms. The van der Waals surface area contributed by atoms with Gasteiger partial charge in [-0.05, 0) is 298 Å². The first-order valence-corrected chi connectivity index (χ1v) is 48.8. The highest BCUT2D eigenvalue weighted by molar-refractivity contribution is 5.98. The quantitative estimate of drug-likeness (QED) is 0.0965. The van der Waals surface area contributed by atoms with Crippen molar-refractivity contribution in [2.75, 3.05) is 0 Å². The van der Waals surface area contributed by atoms with E-state index in [0.717, 1.165) is 35.5 Å². The molecule has 0 N–H and O–H groups in total. The van der Waals surface area contributed by atoms with Crippen LogP contribution >= 0.6 is 0 Å². The van der Waals surface area contributed by atoms with Crippen molar-refractivity contribution in [1.82, 2.24) is 0 Å². The van der Waals surface area contributed by atoms with E-state index >= 15 is 0 Å². The number of rotatable bonds is 14. The van der Waals surface area contributed by atoms with Crippen LogP contribution in [0.1, 0.15) is 338 Å². The molecule has 6 aliphatic carbocycles. The van der Waals surface area contributed by atoms with Gasteiger partial charge in [-0.3, -0.25) is 0 Å². The summed E-state index contributed by atoms with van der Waals surface area (Å²) in [7, 11) is 8.74. The molecule has 6 saturated carbocycles. The van der Waals surface area contributed by atoms with Crippen LogP contribution < -0.4 is 18.3 Å². The average molecular weight is 1660 g/mol. The molecule has 8 aromatic carbocycles. The molecular weight excluding hydrogens is 1500 g/mol. The van der Waals surface area contributed by atoms with Crippen LogP contribution in [0.25, 0.3) is 88.1 Å². The van der Waals surface area contributed by atoms with Gasteiger partial charge < -0.3 is 0 Å². The molecule has 4 heterocycles. The summed E-state index contributed by atoms with van der Waals surface area (Å²) in [5, 5.41) is 10.8. The standard InChI is InChI=1S/C31H42N.C30H38N.C29H36N.C29H38N.CH4/c1-21-27(19-25(30(2,3)4)20-28(21)31(5,6)7)29-26-14-13-23(17-22-11-9-10-12-22)18-24(26)15-16-32(29)8;1-20-15-26(25-11-7-8-12-25)19-29(22(20)3)30-28-14-13-24(17-23-9-5-6-10-23)18-27(28)16-21(2)31(30)4;1-20-12-14-25(24-10-6-7-11-24)19-28(20)29-27-15-13-23(17-22-8-4-5-9-22)18-26(27)16-21(2)30(29)3;1-19-14-25(29(4,5)6)18-27(21(19)3)28-26-13-12-23(16-22-10-8-9-11-22)17-24(26)15-20(2)30(28)7;/h13-16,18-20,22H,9-12,17H2,1-8H3;13-16,18-19,23,25H,5-12,17H2,1-4H3;12-16,18-19,22,24H,4-11,17H2,1-3H3;12-15,17-18,22H,8-11,16H2,1-7H3;1H4/q4*+1;/i16D;;;;. The lowest BCUT2D eigenvalue weighted by atomic mass is 9.76. The maximum absolute atomic E-state index is 8.77. The van der Waals surface area contributed by atoms with Gasteiger partial charge in [0.2, 0.25) is 22.8 Å². The summed E-state index contributed by atoms with van der Waals surface area (Å²) in [6.07, 6.45) is 39.0.